The van der Waals surface area contributed by atoms with Crippen LogP contribution >= 0.6 is 11.6 Å². The first-order valence-electron chi connectivity index (χ1n) is 6.87. The zero-order valence-corrected chi connectivity index (χ0v) is 12.6. The summed E-state index contributed by atoms with van der Waals surface area (Å²) in [5, 5.41) is 0.673. The highest BCUT2D eigenvalue weighted by atomic mass is 35.5. The van der Waals surface area contributed by atoms with E-state index in [-0.39, 0.29) is 0 Å². The molecule has 2 aliphatic rings. The van der Waals surface area contributed by atoms with Crippen LogP contribution in [0.4, 0.5) is 0 Å². The van der Waals surface area contributed by atoms with Gasteiger partial charge in [0.1, 0.15) is 5.76 Å². The predicted octanol–water partition coefficient (Wildman–Crippen LogP) is 5.64. The van der Waals surface area contributed by atoms with Crippen molar-refractivity contribution in [2.24, 2.45) is 0 Å². The molecule has 0 unspecified atom stereocenters. The molecule has 1 aliphatic heterocycles. The van der Waals surface area contributed by atoms with Gasteiger partial charge in [0.05, 0.1) is 6.26 Å². The maximum atomic E-state index is 11.3. The average Bonchev–Trinajstić information content (AvgIpc) is 2.91. The minimum absolute atomic E-state index is 0.331. The first-order valence-corrected chi connectivity index (χ1v) is 7.25. The Morgan fingerprint density at radius 3 is 2.43 bits per heavy atom. The van der Waals surface area contributed by atoms with Gasteiger partial charge in [0.2, 0.25) is 0 Å². The molecule has 2 nitrogen and oxygen atoms in total. The van der Waals surface area contributed by atoms with Crippen LogP contribution < -0.4 is 0 Å². The van der Waals surface area contributed by atoms with Crippen LogP contribution in [0.1, 0.15) is 35.7 Å². The number of rotatable bonds is 3. The summed E-state index contributed by atoms with van der Waals surface area (Å²) in [7, 11) is 0. The number of hydrogen-bond acceptors (Lipinski definition) is 2. The van der Waals surface area contributed by atoms with Crippen LogP contribution in [0.25, 0.3) is 22.5 Å². The van der Waals surface area contributed by atoms with Gasteiger partial charge < -0.3 is 4.42 Å². The van der Waals surface area contributed by atoms with Gasteiger partial charge in [0, 0.05) is 21.7 Å². The van der Waals surface area contributed by atoms with Gasteiger partial charge >= 0.3 is 0 Å². The highest BCUT2D eigenvalue weighted by molar-refractivity contribution is 6.30. The quantitative estimate of drug-likeness (QED) is 0.586. The third-order valence-electron chi connectivity index (χ3n) is 3.68. The van der Waals surface area contributed by atoms with Crippen LogP contribution in [0.2, 0.25) is 5.02 Å². The van der Waals surface area contributed by atoms with Crippen molar-refractivity contribution in [3.63, 3.8) is 0 Å². The molecule has 0 atom stereocenters. The van der Waals surface area contributed by atoms with Gasteiger partial charge in [-0.05, 0) is 41.3 Å². The second kappa shape index (κ2) is 5.38. The molecular weight excluding hydrogens is 284 g/mol. The molecule has 1 aromatic carbocycles. The van der Waals surface area contributed by atoms with E-state index in [9.17, 15) is 4.79 Å². The lowest BCUT2D eigenvalue weighted by atomic mass is 9.93. The summed E-state index contributed by atoms with van der Waals surface area (Å²) in [6, 6.07) is 11.3. The van der Waals surface area contributed by atoms with E-state index in [2.05, 4.69) is 13.8 Å². The summed E-state index contributed by atoms with van der Waals surface area (Å²) >= 11 is 5.93. The lowest BCUT2D eigenvalue weighted by Crippen LogP contribution is -1.95. The molecule has 0 saturated heterocycles. The maximum absolute atomic E-state index is 11.3. The lowest BCUT2D eigenvalue weighted by molar-refractivity contribution is 0.112. The number of hydrogen-bond donors (Lipinski definition) is 0. The van der Waals surface area contributed by atoms with Crippen molar-refractivity contribution in [3.05, 3.63) is 58.8 Å². The van der Waals surface area contributed by atoms with Crippen molar-refractivity contribution in [1.82, 2.24) is 0 Å². The number of fused-ring (bicyclic) bond motifs is 1. The van der Waals surface area contributed by atoms with E-state index in [0.717, 1.165) is 28.5 Å². The van der Waals surface area contributed by atoms with Crippen molar-refractivity contribution < 1.29 is 9.21 Å². The maximum Gasteiger partial charge on any atom is 0.150 e. The fourth-order valence-corrected chi connectivity index (χ4v) is 2.72. The van der Waals surface area contributed by atoms with Gasteiger partial charge in [-0.1, -0.05) is 37.6 Å². The molecule has 3 heteroatoms. The molecule has 1 heterocycles. The van der Waals surface area contributed by atoms with Gasteiger partial charge in [-0.3, -0.25) is 4.79 Å². The zero-order chi connectivity index (χ0) is 15.0. The van der Waals surface area contributed by atoms with Gasteiger partial charge in [0.25, 0.3) is 0 Å². The summed E-state index contributed by atoms with van der Waals surface area (Å²) < 4.78 is 5.86. The second-order valence-corrected chi connectivity index (χ2v) is 5.81. The Labute approximate surface area is 128 Å². The highest BCUT2D eigenvalue weighted by Gasteiger charge is 2.22. The largest absolute Gasteiger partial charge is 0.463 e. The Hall–Kier alpha value is -2.06. The molecule has 21 heavy (non-hydrogen) atoms. The van der Waals surface area contributed by atoms with Crippen LogP contribution in [-0.2, 0) is 0 Å². The summed E-state index contributed by atoms with van der Waals surface area (Å²) in [5.41, 5.74) is 4.62. The number of halogens is 1. The number of carbonyl (C=O) groups excluding carboxylic acids is 1. The molecule has 3 rings (SSSR count). The van der Waals surface area contributed by atoms with Crippen LogP contribution in [-0.4, -0.2) is 6.29 Å². The Kier molecular flexibility index (Phi) is 3.56. The molecule has 1 aromatic rings. The van der Waals surface area contributed by atoms with Gasteiger partial charge in [-0.2, -0.15) is 0 Å². The summed E-state index contributed by atoms with van der Waals surface area (Å²) in [6.07, 6.45) is 2.66. The number of benzene rings is 1. The molecule has 0 N–H and O–H groups in total. The van der Waals surface area contributed by atoms with Crippen molar-refractivity contribution in [1.29, 1.82) is 0 Å². The monoisotopic (exact) mass is 298 g/mol. The van der Waals surface area contributed by atoms with Gasteiger partial charge in [-0.25, -0.2) is 0 Å². The van der Waals surface area contributed by atoms with Crippen molar-refractivity contribution in [2.75, 3.05) is 0 Å². The molecule has 0 bridgehead atoms. The van der Waals surface area contributed by atoms with Crippen molar-refractivity contribution >= 4 is 17.9 Å². The Morgan fingerprint density at radius 1 is 1.10 bits per heavy atom. The minimum Gasteiger partial charge on any atom is -0.463 e. The molecule has 0 spiro atoms. The first-order chi connectivity index (χ1) is 10.1. The van der Waals surface area contributed by atoms with Crippen molar-refractivity contribution in [2.45, 2.75) is 19.8 Å². The van der Waals surface area contributed by atoms with Crippen LogP contribution in [0.5, 0.6) is 0 Å². The molecule has 0 amide bonds. The first kappa shape index (κ1) is 13.9. The van der Waals surface area contributed by atoms with E-state index in [4.69, 9.17) is 16.0 Å². The topological polar surface area (TPSA) is 30.2 Å². The van der Waals surface area contributed by atoms with E-state index in [0.29, 0.717) is 22.3 Å². The van der Waals surface area contributed by atoms with Crippen molar-refractivity contribution in [3.8, 4) is 22.5 Å². The van der Waals surface area contributed by atoms with E-state index in [1.54, 1.807) is 6.26 Å². The highest BCUT2D eigenvalue weighted by Crippen LogP contribution is 2.41. The van der Waals surface area contributed by atoms with Gasteiger partial charge in [-0.15, -0.1) is 0 Å². The normalized spacial score (nSPS) is 11.2. The molecule has 0 saturated carbocycles. The lowest BCUT2D eigenvalue weighted by Gasteiger charge is -2.15. The Balaban J connectivity index is 2.27. The standard InChI is InChI=1S/C18H15ClO2/c1-11(2)16-10-21-18(12-3-6-14(19)7-4-12)17-13(9-20)5-8-15(16)17/h3-11H,1-2H3. The molecule has 0 aromatic heterocycles. The molecular formula is C18H15ClO2. The summed E-state index contributed by atoms with van der Waals surface area (Å²) in [4.78, 5) is 11.3. The fourth-order valence-electron chi connectivity index (χ4n) is 2.59. The average molecular weight is 299 g/mol. The van der Waals surface area contributed by atoms with E-state index in [1.807, 2.05) is 36.4 Å². The number of carbonyl (C=O) groups is 1. The second-order valence-electron chi connectivity index (χ2n) is 5.38. The summed E-state index contributed by atoms with van der Waals surface area (Å²) in [5.74, 6) is 1.04. The zero-order valence-electron chi connectivity index (χ0n) is 11.9. The Morgan fingerprint density at radius 2 is 1.81 bits per heavy atom. The smallest absolute Gasteiger partial charge is 0.150 e. The molecule has 106 valence electrons. The fraction of sp³-hybridized carbons (Fsp3) is 0.167. The molecule has 1 aliphatic carbocycles. The van der Waals surface area contributed by atoms with E-state index >= 15 is 0 Å². The molecule has 0 radical (unpaired) electrons. The third kappa shape index (κ3) is 2.36. The predicted molar refractivity (Wildman–Crippen MR) is 85.3 cm³/mol. The SMILES string of the molecule is CC(C)c1coc(-c2ccc(Cl)cc2)c2c(C=O)ccc1-2. The molecule has 0 fully saturated rings. The van der Waals surface area contributed by atoms with E-state index < -0.39 is 0 Å². The third-order valence-corrected chi connectivity index (χ3v) is 3.94. The van der Waals surface area contributed by atoms with Gasteiger partial charge in [0.15, 0.2) is 6.29 Å². The van der Waals surface area contributed by atoms with E-state index in [1.165, 1.54) is 0 Å². The van der Waals surface area contributed by atoms with Crippen LogP contribution in [0.15, 0.2) is 47.1 Å². The Bertz CT molecular complexity index is 754. The van der Waals surface area contributed by atoms with Crippen LogP contribution in [0.3, 0.4) is 0 Å². The van der Waals surface area contributed by atoms with Crippen LogP contribution in [0, 0.1) is 0 Å². The number of aldehydes is 1. The minimum atomic E-state index is 0.331. The summed E-state index contributed by atoms with van der Waals surface area (Å²) in [6.45, 7) is 4.22.